The summed E-state index contributed by atoms with van der Waals surface area (Å²) in [5.41, 5.74) is 6.69. The predicted molar refractivity (Wildman–Crippen MR) is 63.6 cm³/mol. The summed E-state index contributed by atoms with van der Waals surface area (Å²) in [6, 6.07) is 2.02. The molecule has 0 spiro atoms. The van der Waals surface area contributed by atoms with Crippen molar-refractivity contribution in [3.05, 3.63) is 27.6 Å². The normalized spacial score (nSPS) is 10.5. The number of nitrogen functional groups attached to an aromatic ring is 1. The fourth-order valence-electron chi connectivity index (χ4n) is 1.38. The second kappa shape index (κ2) is 4.54. The van der Waals surface area contributed by atoms with Crippen LogP contribution in [0.25, 0.3) is 0 Å². The van der Waals surface area contributed by atoms with Gasteiger partial charge in [0.2, 0.25) is 11.5 Å². The number of thiophene rings is 1. The maximum atomic E-state index is 12.0. The summed E-state index contributed by atoms with van der Waals surface area (Å²) >= 11 is 1.61. The first-order chi connectivity index (χ1) is 8.09. The van der Waals surface area contributed by atoms with Gasteiger partial charge >= 0.3 is 0 Å². The number of amides is 1. The maximum absolute atomic E-state index is 12.0. The molecule has 0 aliphatic heterocycles. The number of nitrogens with zero attached hydrogens (tertiary/aromatic N) is 3. The molecule has 1 amide bonds. The van der Waals surface area contributed by atoms with Crippen LogP contribution in [0.15, 0.2) is 16.1 Å². The van der Waals surface area contributed by atoms with Crippen molar-refractivity contribution < 1.29 is 9.42 Å². The molecule has 0 aromatic carbocycles. The van der Waals surface area contributed by atoms with Gasteiger partial charge in [0.05, 0.1) is 6.54 Å². The molecule has 0 unspecified atom stereocenters. The highest BCUT2D eigenvalue weighted by Gasteiger charge is 2.20. The lowest BCUT2D eigenvalue weighted by Crippen LogP contribution is -2.27. The standard InChI is InChI=1S/C10H12N4O2S/c1-6-3-4-17-7(6)5-14(2)10(15)8-9(11)13-16-12-8/h3-4H,5H2,1-2H3,(H2,11,13). The molecule has 2 aromatic rings. The second-order valence-electron chi connectivity index (χ2n) is 3.69. The van der Waals surface area contributed by atoms with Gasteiger partial charge in [-0.05, 0) is 34.2 Å². The summed E-state index contributed by atoms with van der Waals surface area (Å²) in [5.74, 6) is -0.277. The number of hydrogen-bond donors (Lipinski definition) is 1. The molecular weight excluding hydrogens is 240 g/mol. The zero-order valence-electron chi connectivity index (χ0n) is 9.51. The van der Waals surface area contributed by atoms with Crippen LogP contribution < -0.4 is 5.73 Å². The van der Waals surface area contributed by atoms with Gasteiger partial charge in [-0.1, -0.05) is 0 Å². The van der Waals surface area contributed by atoms with Crippen molar-refractivity contribution >= 4 is 23.1 Å². The van der Waals surface area contributed by atoms with Crippen molar-refractivity contribution in [2.75, 3.05) is 12.8 Å². The molecule has 90 valence electrons. The van der Waals surface area contributed by atoms with Crippen molar-refractivity contribution in [3.8, 4) is 0 Å². The molecule has 0 atom stereocenters. The minimum absolute atomic E-state index is 0.0183. The van der Waals surface area contributed by atoms with E-state index in [0.29, 0.717) is 6.54 Å². The monoisotopic (exact) mass is 252 g/mol. The molecule has 0 saturated carbocycles. The number of anilines is 1. The Bertz CT molecular complexity index is 534. The van der Waals surface area contributed by atoms with Gasteiger partial charge in [0.25, 0.3) is 5.91 Å². The molecule has 2 rings (SSSR count). The van der Waals surface area contributed by atoms with Gasteiger partial charge < -0.3 is 10.6 Å². The predicted octanol–water partition coefficient (Wildman–Crippen LogP) is 1.29. The molecule has 0 aliphatic rings. The van der Waals surface area contributed by atoms with E-state index in [1.54, 1.807) is 18.4 Å². The van der Waals surface area contributed by atoms with Crippen LogP contribution >= 0.6 is 11.3 Å². The van der Waals surface area contributed by atoms with E-state index in [0.717, 1.165) is 4.88 Å². The molecule has 0 fully saturated rings. The first kappa shape index (κ1) is 11.6. The summed E-state index contributed by atoms with van der Waals surface area (Å²) in [4.78, 5) is 14.6. The molecule has 7 heteroatoms. The van der Waals surface area contributed by atoms with Crippen molar-refractivity contribution in [1.29, 1.82) is 0 Å². The summed E-state index contributed by atoms with van der Waals surface area (Å²) in [5, 5.41) is 8.87. The molecule has 2 heterocycles. The largest absolute Gasteiger partial charge is 0.379 e. The number of carbonyl (C=O) groups is 1. The van der Waals surface area contributed by atoms with Crippen LogP contribution in [0.5, 0.6) is 0 Å². The van der Waals surface area contributed by atoms with Crippen molar-refractivity contribution in [3.63, 3.8) is 0 Å². The molecular formula is C10H12N4O2S. The van der Waals surface area contributed by atoms with Crippen LogP contribution in [0.4, 0.5) is 5.82 Å². The quantitative estimate of drug-likeness (QED) is 0.889. The Labute approximate surface area is 102 Å². The zero-order chi connectivity index (χ0) is 12.4. The number of aromatic nitrogens is 2. The highest BCUT2D eigenvalue weighted by molar-refractivity contribution is 7.10. The summed E-state index contributed by atoms with van der Waals surface area (Å²) < 4.78 is 4.41. The molecule has 2 N–H and O–H groups in total. The lowest BCUT2D eigenvalue weighted by Gasteiger charge is -2.15. The van der Waals surface area contributed by atoms with Crippen molar-refractivity contribution in [2.24, 2.45) is 0 Å². The minimum Gasteiger partial charge on any atom is -0.379 e. The summed E-state index contributed by atoms with van der Waals surface area (Å²) in [6.45, 7) is 2.53. The highest BCUT2D eigenvalue weighted by atomic mass is 32.1. The number of carbonyl (C=O) groups excluding carboxylic acids is 1. The first-order valence-electron chi connectivity index (χ1n) is 4.96. The molecule has 6 nitrogen and oxygen atoms in total. The molecule has 0 saturated heterocycles. The van der Waals surface area contributed by atoms with E-state index in [-0.39, 0.29) is 17.4 Å². The topological polar surface area (TPSA) is 85.2 Å². The minimum atomic E-state index is -0.295. The van der Waals surface area contributed by atoms with E-state index < -0.39 is 0 Å². The van der Waals surface area contributed by atoms with E-state index in [4.69, 9.17) is 5.73 Å². The third-order valence-electron chi connectivity index (χ3n) is 2.41. The number of hydrogen-bond acceptors (Lipinski definition) is 6. The molecule has 2 aromatic heterocycles. The molecule has 0 radical (unpaired) electrons. The van der Waals surface area contributed by atoms with Crippen molar-refractivity contribution in [1.82, 2.24) is 15.2 Å². The lowest BCUT2D eigenvalue weighted by molar-refractivity contribution is 0.0776. The SMILES string of the molecule is Cc1ccsc1CN(C)C(=O)c1nonc1N. The smallest absolute Gasteiger partial charge is 0.280 e. The van der Waals surface area contributed by atoms with E-state index >= 15 is 0 Å². The summed E-state index contributed by atoms with van der Waals surface area (Å²) in [7, 11) is 1.69. The van der Waals surface area contributed by atoms with Crippen LogP contribution in [0.1, 0.15) is 20.9 Å². The number of rotatable bonds is 3. The number of aryl methyl sites for hydroxylation is 1. The Morgan fingerprint density at radius 2 is 2.35 bits per heavy atom. The van der Waals surface area contributed by atoms with E-state index in [1.807, 2.05) is 18.4 Å². The van der Waals surface area contributed by atoms with Crippen LogP contribution in [-0.2, 0) is 6.54 Å². The molecule has 0 bridgehead atoms. The summed E-state index contributed by atoms with van der Waals surface area (Å²) in [6.07, 6.45) is 0. The van der Waals surface area contributed by atoms with Gasteiger partial charge in [0.1, 0.15) is 0 Å². The van der Waals surface area contributed by atoms with Gasteiger partial charge in [0, 0.05) is 11.9 Å². The van der Waals surface area contributed by atoms with Crippen LogP contribution in [0.2, 0.25) is 0 Å². The van der Waals surface area contributed by atoms with Crippen molar-refractivity contribution in [2.45, 2.75) is 13.5 Å². The van der Waals surface area contributed by atoms with E-state index in [1.165, 1.54) is 10.5 Å². The molecule has 0 aliphatic carbocycles. The molecule has 17 heavy (non-hydrogen) atoms. The Balaban J connectivity index is 2.11. The highest BCUT2D eigenvalue weighted by Crippen LogP contribution is 2.18. The van der Waals surface area contributed by atoms with Gasteiger partial charge in [-0.3, -0.25) is 4.79 Å². The Morgan fingerprint density at radius 1 is 1.59 bits per heavy atom. The van der Waals surface area contributed by atoms with Gasteiger partial charge in [-0.25, -0.2) is 4.63 Å². The van der Waals surface area contributed by atoms with Crippen LogP contribution in [-0.4, -0.2) is 28.2 Å². The maximum Gasteiger partial charge on any atom is 0.280 e. The third kappa shape index (κ3) is 2.28. The van der Waals surface area contributed by atoms with Gasteiger partial charge in [0.15, 0.2) is 0 Å². The Kier molecular flexibility index (Phi) is 3.10. The van der Waals surface area contributed by atoms with E-state index in [2.05, 4.69) is 14.9 Å². The van der Waals surface area contributed by atoms with Gasteiger partial charge in [-0.2, -0.15) is 0 Å². The average molecular weight is 252 g/mol. The van der Waals surface area contributed by atoms with Crippen LogP contribution in [0, 0.1) is 6.92 Å². The second-order valence-corrected chi connectivity index (χ2v) is 4.69. The van der Waals surface area contributed by atoms with Crippen LogP contribution in [0.3, 0.4) is 0 Å². The van der Waals surface area contributed by atoms with Gasteiger partial charge in [-0.15, -0.1) is 11.3 Å². The Morgan fingerprint density at radius 3 is 2.88 bits per heavy atom. The lowest BCUT2D eigenvalue weighted by atomic mass is 10.2. The number of nitrogens with two attached hydrogens (primary N) is 1. The zero-order valence-corrected chi connectivity index (χ0v) is 10.3. The fraction of sp³-hybridized carbons (Fsp3) is 0.300. The van der Waals surface area contributed by atoms with E-state index in [9.17, 15) is 4.79 Å². The third-order valence-corrected chi connectivity index (χ3v) is 3.42. The first-order valence-corrected chi connectivity index (χ1v) is 5.84. The average Bonchev–Trinajstić information content (AvgIpc) is 2.88. The fourth-order valence-corrected chi connectivity index (χ4v) is 2.34. The Hall–Kier alpha value is -1.89.